The minimum absolute atomic E-state index is 0.0338. The molecule has 0 spiro atoms. The van der Waals surface area contributed by atoms with Gasteiger partial charge in [0.25, 0.3) is 0 Å². The lowest BCUT2D eigenvalue weighted by atomic mass is 9.92. The van der Waals surface area contributed by atoms with Gasteiger partial charge in [-0.15, -0.1) is 4.79 Å². The zero-order chi connectivity index (χ0) is 11.9. The molecule has 1 aliphatic rings. The Labute approximate surface area is 96.1 Å². The van der Waals surface area contributed by atoms with Crippen LogP contribution in [0.1, 0.15) is 46.7 Å². The van der Waals surface area contributed by atoms with Crippen LogP contribution in [0.5, 0.6) is 0 Å². The van der Waals surface area contributed by atoms with E-state index in [0.717, 1.165) is 29.4 Å². The SMILES string of the molecule is CC1=Nc2cc(C(C)(C)C)nn2N=C(C)C1. The van der Waals surface area contributed by atoms with Gasteiger partial charge in [0.15, 0.2) is 5.82 Å². The molecule has 4 nitrogen and oxygen atoms in total. The molecule has 86 valence electrons. The molecule has 0 atom stereocenters. The quantitative estimate of drug-likeness (QED) is 0.660. The number of rotatable bonds is 0. The number of hydrogen-bond donors (Lipinski definition) is 0. The van der Waals surface area contributed by atoms with E-state index in [2.05, 4.69) is 36.0 Å². The lowest BCUT2D eigenvalue weighted by Crippen LogP contribution is -2.12. The van der Waals surface area contributed by atoms with Crippen molar-refractivity contribution in [3.8, 4) is 0 Å². The zero-order valence-corrected chi connectivity index (χ0v) is 10.6. The molecular weight excluding hydrogens is 200 g/mol. The molecule has 0 bridgehead atoms. The van der Waals surface area contributed by atoms with Gasteiger partial charge in [0.1, 0.15) is 0 Å². The van der Waals surface area contributed by atoms with Crippen LogP contribution in [0.4, 0.5) is 5.82 Å². The van der Waals surface area contributed by atoms with Gasteiger partial charge in [-0.05, 0) is 13.8 Å². The van der Waals surface area contributed by atoms with Gasteiger partial charge in [-0.3, -0.25) is 0 Å². The summed E-state index contributed by atoms with van der Waals surface area (Å²) in [4.78, 5) is 6.17. The standard InChI is InChI=1S/C12H18N4/c1-8-6-9(2)14-16-11(13-8)7-10(15-16)12(3,4)5/h7H,6H2,1-5H3. The second-order valence-corrected chi connectivity index (χ2v) is 5.39. The predicted octanol–water partition coefficient (Wildman–Crippen LogP) is 2.90. The van der Waals surface area contributed by atoms with E-state index in [1.807, 2.05) is 19.9 Å². The van der Waals surface area contributed by atoms with Crippen LogP contribution in [0.15, 0.2) is 16.2 Å². The van der Waals surface area contributed by atoms with Crippen molar-refractivity contribution in [1.29, 1.82) is 0 Å². The number of aromatic nitrogens is 2. The van der Waals surface area contributed by atoms with Crippen molar-refractivity contribution in [1.82, 2.24) is 9.89 Å². The fourth-order valence-corrected chi connectivity index (χ4v) is 1.68. The molecule has 1 aromatic heterocycles. The van der Waals surface area contributed by atoms with Crippen LogP contribution in [0.2, 0.25) is 0 Å². The molecule has 0 saturated carbocycles. The Kier molecular flexibility index (Phi) is 2.45. The Morgan fingerprint density at radius 2 is 1.88 bits per heavy atom. The first-order valence-corrected chi connectivity index (χ1v) is 5.55. The highest BCUT2D eigenvalue weighted by atomic mass is 15.5. The van der Waals surface area contributed by atoms with Crippen molar-refractivity contribution in [3.63, 3.8) is 0 Å². The molecule has 1 aliphatic heterocycles. The first kappa shape index (κ1) is 11.0. The molecule has 0 saturated heterocycles. The lowest BCUT2D eigenvalue weighted by molar-refractivity contribution is 0.551. The van der Waals surface area contributed by atoms with Crippen LogP contribution in [-0.4, -0.2) is 21.3 Å². The van der Waals surface area contributed by atoms with E-state index in [-0.39, 0.29) is 5.41 Å². The maximum Gasteiger partial charge on any atom is 0.176 e. The van der Waals surface area contributed by atoms with Gasteiger partial charge in [-0.25, -0.2) is 4.99 Å². The van der Waals surface area contributed by atoms with Gasteiger partial charge < -0.3 is 0 Å². The Hall–Kier alpha value is -1.45. The van der Waals surface area contributed by atoms with Crippen LogP contribution >= 0.6 is 0 Å². The van der Waals surface area contributed by atoms with Crippen LogP contribution in [-0.2, 0) is 5.41 Å². The van der Waals surface area contributed by atoms with E-state index in [4.69, 9.17) is 0 Å². The lowest BCUT2D eigenvalue weighted by Gasteiger charge is -2.13. The summed E-state index contributed by atoms with van der Waals surface area (Å²) in [6, 6.07) is 2.02. The maximum atomic E-state index is 4.53. The highest BCUT2D eigenvalue weighted by Gasteiger charge is 2.20. The molecular formula is C12H18N4. The minimum Gasteiger partial charge on any atom is -0.236 e. The second-order valence-electron chi connectivity index (χ2n) is 5.39. The van der Waals surface area contributed by atoms with Crippen LogP contribution in [0, 0.1) is 0 Å². The molecule has 2 rings (SSSR count). The Balaban J connectivity index is 2.53. The molecule has 0 aliphatic carbocycles. The maximum absolute atomic E-state index is 4.53. The first-order chi connectivity index (χ1) is 7.36. The molecule has 2 heterocycles. The van der Waals surface area contributed by atoms with Crippen LogP contribution in [0.3, 0.4) is 0 Å². The summed E-state index contributed by atoms with van der Waals surface area (Å²) in [5, 5.41) is 8.92. The average Bonchev–Trinajstić information content (AvgIpc) is 2.41. The van der Waals surface area contributed by atoms with E-state index >= 15 is 0 Å². The number of nitrogens with zero attached hydrogens (tertiary/aromatic N) is 4. The van der Waals surface area contributed by atoms with Crippen LogP contribution < -0.4 is 0 Å². The van der Waals surface area contributed by atoms with Gasteiger partial charge in [0.2, 0.25) is 0 Å². The highest BCUT2D eigenvalue weighted by Crippen LogP contribution is 2.26. The fraction of sp³-hybridized carbons (Fsp3) is 0.583. The summed E-state index contributed by atoms with van der Waals surface area (Å²) < 4.78 is 0. The van der Waals surface area contributed by atoms with Crippen molar-refractivity contribution in [3.05, 3.63) is 11.8 Å². The molecule has 0 radical (unpaired) electrons. The van der Waals surface area contributed by atoms with E-state index in [9.17, 15) is 0 Å². The number of fused-ring (bicyclic) bond motifs is 1. The van der Waals surface area contributed by atoms with Gasteiger partial charge in [-0.2, -0.15) is 10.2 Å². The smallest absolute Gasteiger partial charge is 0.176 e. The van der Waals surface area contributed by atoms with Crippen molar-refractivity contribution in [2.75, 3.05) is 0 Å². The number of aliphatic imine (C=N–C) groups is 1. The van der Waals surface area contributed by atoms with Crippen molar-refractivity contribution < 1.29 is 0 Å². The van der Waals surface area contributed by atoms with Gasteiger partial charge in [-0.1, -0.05) is 20.8 Å². The summed E-state index contributed by atoms with van der Waals surface area (Å²) in [6.07, 6.45) is 0.828. The molecule has 0 unspecified atom stereocenters. The Morgan fingerprint density at radius 1 is 1.19 bits per heavy atom. The summed E-state index contributed by atoms with van der Waals surface area (Å²) in [7, 11) is 0. The zero-order valence-electron chi connectivity index (χ0n) is 10.6. The number of hydrogen-bond acceptors (Lipinski definition) is 3. The molecule has 4 heteroatoms. The molecule has 1 aromatic rings. The van der Waals surface area contributed by atoms with E-state index in [0.29, 0.717) is 0 Å². The highest BCUT2D eigenvalue weighted by molar-refractivity contribution is 6.03. The molecule has 0 aromatic carbocycles. The van der Waals surface area contributed by atoms with E-state index < -0.39 is 0 Å². The summed E-state index contributed by atoms with van der Waals surface area (Å²) in [5.74, 6) is 0.833. The third-order valence-corrected chi connectivity index (χ3v) is 2.52. The molecule has 0 N–H and O–H groups in total. The summed E-state index contributed by atoms with van der Waals surface area (Å²) in [6.45, 7) is 10.5. The largest absolute Gasteiger partial charge is 0.236 e. The van der Waals surface area contributed by atoms with Crippen LogP contribution in [0.25, 0.3) is 0 Å². The first-order valence-electron chi connectivity index (χ1n) is 5.55. The molecule has 0 amide bonds. The third-order valence-electron chi connectivity index (χ3n) is 2.52. The fourth-order valence-electron chi connectivity index (χ4n) is 1.68. The monoisotopic (exact) mass is 218 g/mol. The van der Waals surface area contributed by atoms with E-state index in [1.165, 1.54) is 0 Å². The van der Waals surface area contributed by atoms with Gasteiger partial charge in [0, 0.05) is 29.3 Å². The Bertz CT molecular complexity index is 436. The third kappa shape index (κ3) is 2.05. The van der Waals surface area contributed by atoms with Crippen molar-refractivity contribution in [2.45, 2.75) is 46.5 Å². The summed E-state index contributed by atoms with van der Waals surface area (Å²) in [5.41, 5.74) is 3.19. The summed E-state index contributed by atoms with van der Waals surface area (Å²) >= 11 is 0. The topological polar surface area (TPSA) is 42.5 Å². The van der Waals surface area contributed by atoms with Crippen molar-refractivity contribution in [2.24, 2.45) is 10.1 Å². The average molecular weight is 218 g/mol. The van der Waals surface area contributed by atoms with Gasteiger partial charge in [0.05, 0.1) is 5.69 Å². The van der Waals surface area contributed by atoms with Crippen molar-refractivity contribution >= 4 is 17.2 Å². The second kappa shape index (κ2) is 3.54. The normalized spacial score (nSPS) is 16.3. The molecule has 0 fully saturated rings. The molecule has 16 heavy (non-hydrogen) atoms. The van der Waals surface area contributed by atoms with Gasteiger partial charge >= 0.3 is 0 Å². The predicted molar refractivity (Wildman–Crippen MR) is 66.8 cm³/mol. The Morgan fingerprint density at radius 3 is 2.50 bits per heavy atom. The minimum atomic E-state index is 0.0338. The van der Waals surface area contributed by atoms with E-state index in [1.54, 1.807) is 4.79 Å².